The van der Waals surface area contributed by atoms with Crippen LogP contribution >= 0.6 is 0 Å². The summed E-state index contributed by atoms with van der Waals surface area (Å²) in [4.78, 5) is 0. The Morgan fingerprint density at radius 1 is 1.25 bits per heavy atom. The molecule has 1 aromatic carbocycles. The van der Waals surface area contributed by atoms with Crippen molar-refractivity contribution < 1.29 is 13.2 Å². The molecule has 1 saturated heterocycles. The van der Waals surface area contributed by atoms with Crippen molar-refractivity contribution in [3.63, 3.8) is 0 Å². The number of halogens is 3. The average Bonchev–Trinajstić information content (AvgIpc) is 2.73. The molecule has 1 fully saturated rings. The van der Waals surface area contributed by atoms with Gasteiger partial charge in [0, 0.05) is 6.04 Å². The molecule has 2 atom stereocenters. The van der Waals surface area contributed by atoms with Crippen molar-refractivity contribution >= 4 is 0 Å². The zero-order valence-corrected chi connectivity index (χ0v) is 9.06. The first-order valence-electron chi connectivity index (χ1n) is 5.51. The van der Waals surface area contributed by atoms with E-state index in [4.69, 9.17) is 0 Å². The van der Waals surface area contributed by atoms with E-state index in [1.807, 2.05) is 6.92 Å². The number of hydrogen-bond donors (Lipinski definition) is 1. The van der Waals surface area contributed by atoms with Gasteiger partial charge in [-0.05, 0) is 36.6 Å². The van der Waals surface area contributed by atoms with Gasteiger partial charge in [-0.1, -0.05) is 13.3 Å². The third kappa shape index (κ3) is 1.94. The maximum absolute atomic E-state index is 13.1. The number of nitrogens with one attached hydrogen (secondary N) is 1. The van der Waals surface area contributed by atoms with Crippen LogP contribution in [-0.4, -0.2) is 6.54 Å². The van der Waals surface area contributed by atoms with Gasteiger partial charge in [0.25, 0.3) is 0 Å². The molecule has 1 heterocycles. The summed E-state index contributed by atoms with van der Waals surface area (Å²) in [5.41, 5.74) is 0.501. The fourth-order valence-electron chi connectivity index (χ4n) is 2.34. The normalized spacial score (nSPS) is 25.0. The van der Waals surface area contributed by atoms with E-state index in [1.54, 1.807) is 0 Å². The van der Waals surface area contributed by atoms with E-state index in [9.17, 15) is 13.2 Å². The summed E-state index contributed by atoms with van der Waals surface area (Å²) < 4.78 is 39.0. The first-order valence-corrected chi connectivity index (χ1v) is 5.51. The highest BCUT2D eigenvalue weighted by molar-refractivity contribution is 5.24. The van der Waals surface area contributed by atoms with Crippen LogP contribution in [0.4, 0.5) is 13.2 Å². The SMILES string of the molecule is CCC1CCNC1c1cc(F)c(F)c(F)c1. The van der Waals surface area contributed by atoms with Crippen LogP contribution in [-0.2, 0) is 0 Å². The van der Waals surface area contributed by atoms with E-state index in [0.717, 1.165) is 31.5 Å². The molecule has 1 N–H and O–H groups in total. The number of rotatable bonds is 2. The first kappa shape index (κ1) is 11.5. The minimum atomic E-state index is -1.39. The van der Waals surface area contributed by atoms with Gasteiger partial charge in [0.1, 0.15) is 0 Å². The van der Waals surface area contributed by atoms with Crippen LogP contribution in [0.1, 0.15) is 31.4 Å². The van der Waals surface area contributed by atoms with Crippen LogP contribution in [0.2, 0.25) is 0 Å². The van der Waals surface area contributed by atoms with Crippen molar-refractivity contribution in [2.45, 2.75) is 25.8 Å². The van der Waals surface area contributed by atoms with Crippen LogP contribution in [0.3, 0.4) is 0 Å². The van der Waals surface area contributed by atoms with Crippen LogP contribution < -0.4 is 5.32 Å². The minimum Gasteiger partial charge on any atom is -0.310 e. The average molecular weight is 229 g/mol. The lowest BCUT2D eigenvalue weighted by Gasteiger charge is -2.18. The van der Waals surface area contributed by atoms with Crippen LogP contribution in [0, 0.1) is 23.4 Å². The van der Waals surface area contributed by atoms with Crippen molar-refractivity contribution in [1.29, 1.82) is 0 Å². The standard InChI is InChI=1S/C12H14F3N/c1-2-7-3-4-16-12(7)8-5-9(13)11(15)10(14)6-8/h5-7,12,16H,2-4H2,1H3. The molecule has 1 aliphatic rings. The van der Waals surface area contributed by atoms with Gasteiger partial charge in [-0.2, -0.15) is 0 Å². The van der Waals surface area contributed by atoms with E-state index < -0.39 is 17.5 Å². The van der Waals surface area contributed by atoms with Crippen molar-refractivity contribution in [2.24, 2.45) is 5.92 Å². The van der Waals surface area contributed by atoms with Crippen molar-refractivity contribution in [2.75, 3.05) is 6.54 Å². The predicted octanol–water partition coefficient (Wildman–Crippen LogP) is 3.16. The van der Waals surface area contributed by atoms with Crippen molar-refractivity contribution in [1.82, 2.24) is 5.32 Å². The third-order valence-corrected chi connectivity index (χ3v) is 3.24. The Labute approximate surface area is 92.7 Å². The molecule has 4 heteroatoms. The largest absolute Gasteiger partial charge is 0.310 e. The molecular weight excluding hydrogens is 215 g/mol. The van der Waals surface area contributed by atoms with E-state index in [-0.39, 0.29) is 6.04 Å². The third-order valence-electron chi connectivity index (χ3n) is 3.24. The molecule has 0 aliphatic carbocycles. The van der Waals surface area contributed by atoms with Gasteiger partial charge in [0.2, 0.25) is 0 Å². The molecule has 0 amide bonds. The Balaban J connectivity index is 2.33. The minimum absolute atomic E-state index is 0.0606. The first-order chi connectivity index (χ1) is 7.63. The maximum Gasteiger partial charge on any atom is 0.194 e. The van der Waals surface area contributed by atoms with Gasteiger partial charge in [-0.25, -0.2) is 13.2 Å². The zero-order chi connectivity index (χ0) is 11.7. The fourth-order valence-corrected chi connectivity index (χ4v) is 2.34. The molecule has 2 unspecified atom stereocenters. The Bertz CT molecular complexity index is 369. The summed E-state index contributed by atoms with van der Waals surface area (Å²) in [6.07, 6.45) is 1.93. The lowest BCUT2D eigenvalue weighted by Crippen LogP contribution is -2.18. The van der Waals surface area contributed by atoms with Gasteiger partial charge >= 0.3 is 0 Å². The van der Waals surface area contributed by atoms with Crippen molar-refractivity contribution in [3.8, 4) is 0 Å². The molecular formula is C12H14F3N. The second kappa shape index (κ2) is 4.45. The van der Waals surface area contributed by atoms with Crippen molar-refractivity contribution in [3.05, 3.63) is 35.1 Å². The summed E-state index contributed by atoms with van der Waals surface area (Å²) >= 11 is 0. The second-order valence-electron chi connectivity index (χ2n) is 4.19. The highest BCUT2D eigenvalue weighted by Crippen LogP contribution is 2.32. The van der Waals surface area contributed by atoms with Gasteiger partial charge in [-0.3, -0.25) is 0 Å². The summed E-state index contributed by atoms with van der Waals surface area (Å²) in [5.74, 6) is -3.25. The molecule has 0 spiro atoms. The maximum atomic E-state index is 13.1. The monoisotopic (exact) mass is 229 g/mol. The number of benzene rings is 1. The predicted molar refractivity (Wildman–Crippen MR) is 55.5 cm³/mol. The Morgan fingerprint density at radius 3 is 2.44 bits per heavy atom. The Kier molecular flexibility index (Phi) is 3.19. The van der Waals surface area contributed by atoms with Crippen LogP contribution in [0.15, 0.2) is 12.1 Å². The summed E-state index contributed by atoms with van der Waals surface area (Å²) in [6, 6.07) is 2.11. The molecule has 2 rings (SSSR count). The molecule has 1 aromatic rings. The zero-order valence-electron chi connectivity index (χ0n) is 9.06. The Hall–Kier alpha value is -1.03. The van der Waals surface area contributed by atoms with Gasteiger partial charge in [-0.15, -0.1) is 0 Å². The lowest BCUT2D eigenvalue weighted by atomic mass is 9.92. The van der Waals surface area contributed by atoms with E-state index in [1.165, 1.54) is 0 Å². The summed E-state index contributed by atoms with van der Waals surface area (Å²) in [5, 5.41) is 3.19. The molecule has 0 bridgehead atoms. The molecule has 0 saturated carbocycles. The summed E-state index contributed by atoms with van der Waals surface area (Å²) in [7, 11) is 0. The molecule has 88 valence electrons. The van der Waals surface area contributed by atoms with Gasteiger partial charge in [0.05, 0.1) is 0 Å². The molecule has 16 heavy (non-hydrogen) atoms. The number of hydrogen-bond acceptors (Lipinski definition) is 1. The molecule has 1 nitrogen and oxygen atoms in total. The highest BCUT2D eigenvalue weighted by Gasteiger charge is 2.28. The quantitative estimate of drug-likeness (QED) is 0.768. The molecule has 0 aromatic heterocycles. The fraction of sp³-hybridized carbons (Fsp3) is 0.500. The van der Waals surface area contributed by atoms with Gasteiger partial charge < -0.3 is 5.32 Å². The topological polar surface area (TPSA) is 12.0 Å². The van der Waals surface area contributed by atoms with E-state index >= 15 is 0 Å². The van der Waals surface area contributed by atoms with E-state index in [0.29, 0.717) is 11.5 Å². The molecule has 1 aliphatic heterocycles. The van der Waals surface area contributed by atoms with E-state index in [2.05, 4.69) is 5.32 Å². The highest BCUT2D eigenvalue weighted by atomic mass is 19.2. The smallest absolute Gasteiger partial charge is 0.194 e. The van der Waals surface area contributed by atoms with Crippen LogP contribution in [0.25, 0.3) is 0 Å². The van der Waals surface area contributed by atoms with Gasteiger partial charge in [0.15, 0.2) is 17.5 Å². The summed E-state index contributed by atoms with van der Waals surface area (Å²) in [6.45, 7) is 2.88. The van der Waals surface area contributed by atoms with Crippen LogP contribution in [0.5, 0.6) is 0 Å². The second-order valence-corrected chi connectivity index (χ2v) is 4.19. The lowest BCUT2D eigenvalue weighted by molar-refractivity contribution is 0.423. The molecule has 0 radical (unpaired) electrons. The Morgan fingerprint density at radius 2 is 1.88 bits per heavy atom.